The molecule has 4 aromatic carbocycles. The molecule has 0 radical (unpaired) electrons. The molecule has 0 aliphatic heterocycles. The Morgan fingerprint density at radius 1 is 0.816 bits per heavy atom. The maximum absolute atomic E-state index is 12.8. The fourth-order valence-electron chi connectivity index (χ4n) is 3.87. The van der Waals surface area contributed by atoms with Crippen LogP contribution in [0, 0.1) is 0 Å². The predicted molar refractivity (Wildman–Crippen MR) is 144 cm³/mol. The molecule has 38 heavy (non-hydrogen) atoms. The fourth-order valence-corrected chi connectivity index (χ4v) is 3.87. The van der Waals surface area contributed by atoms with E-state index >= 15 is 0 Å². The zero-order valence-electron chi connectivity index (χ0n) is 20.9. The van der Waals surface area contributed by atoms with E-state index in [-0.39, 0.29) is 25.2 Å². The van der Waals surface area contributed by atoms with E-state index in [1.54, 1.807) is 48.5 Å². The van der Waals surface area contributed by atoms with Gasteiger partial charge in [0.2, 0.25) is 0 Å². The number of hydrogen-bond donors (Lipinski definition) is 1. The number of carbonyl (C=O) groups excluding carboxylic acids is 3. The minimum Gasteiger partial charge on any atom is -0.490 e. The lowest BCUT2D eigenvalue weighted by molar-refractivity contribution is -0.138. The first-order valence-corrected chi connectivity index (χ1v) is 12.1. The highest BCUT2D eigenvalue weighted by atomic mass is 16.6. The van der Waals surface area contributed by atoms with Gasteiger partial charge in [-0.15, -0.1) is 0 Å². The minimum atomic E-state index is -0.543. The molecule has 0 spiro atoms. The van der Waals surface area contributed by atoms with Crippen molar-refractivity contribution in [3.05, 3.63) is 120 Å². The Labute approximate surface area is 220 Å². The summed E-state index contributed by atoms with van der Waals surface area (Å²) in [6.45, 7) is 5.52. The highest BCUT2D eigenvalue weighted by molar-refractivity contribution is 5.95. The van der Waals surface area contributed by atoms with Gasteiger partial charge in [-0.2, -0.15) is 0 Å². The average molecular weight is 510 g/mol. The van der Waals surface area contributed by atoms with Gasteiger partial charge in [0.05, 0.1) is 11.6 Å². The monoisotopic (exact) mass is 509 g/mol. The molecule has 0 heterocycles. The SMILES string of the molecule is C=CC(=O)OCCOc1ccc(C(=O)Oc2ccc(C(=O)N[C@H](C)c3cccc4ccccc34)cc2)cc1. The van der Waals surface area contributed by atoms with Crippen molar-refractivity contribution in [2.75, 3.05) is 13.2 Å². The average Bonchev–Trinajstić information content (AvgIpc) is 2.95. The van der Waals surface area contributed by atoms with Crippen LogP contribution in [0.4, 0.5) is 0 Å². The van der Waals surface area contributed by atoms with Crippen molar-refractivity contribution < 1.29 is 28.6 Å². The summed E-state index contributed by atoms with van der Waals surface area (Å²) in [5.41, 5.74) is 1.83. The number of hydrogen-bond acceptors (Lipinski definition) is 6. The summed E-state index contributed by atoms with van der Waals surface area (Å²) >= 11 is 0. The van der Waals surface area contributed by atoms with Gasteiger partial charge in [0.15, 0.2) is 0 Å². The lowest BCUT2D eigenvalue weighted by Crippen LogP contribution is -2.26. The molecule has 4 aromatic rings. The Morgan fingerprint density at radius 3 is 2.21 bits per heavy atom. The molecule has 7 heteroatoms. The van der Waals surface area contributed by atoms with Gasteiger partial charge < -0.3 is 19.5 Å². The van der Waals surface area contributed by atoms with Crippen LogP contribution in [-0.2, 0) is 9.53 Å². The van der Waals surface area contributed by atoms with E-state index < -0.39 is 11.9 Å². The number of fused-ring (bicyclic) bond motifs is 1. The van der Waals surface area contributed by atoms with Crippen LogP contribution >= 0.6 is 0 Å². The molecule has 0 bridgehead atoms. The van der Waals surface area contributed by atoms with E-state index in [2.05, 4.69) is 11.9 Å². The molecule has 0 saturated carbocycles. The Hall–Kier alpha value is -4.91. The van der Waals surface area contributed by atoms with Gasteiger partial charge in [0.25, 0.3) is 5.91 Å². The van der Waals surface area contributed by atoms with Gasteiger partial charge in [0, 0.05) is 11.6 Å². The molecule has 4 rings (SSSR count). The van der Waals surface area contributed by atoms with Crippen LogP contribution in [0.25, 0.3) is 10.8 Å². The van der Waals surface area contributed by atoms with Gasteiger partial charge in [0.1, 0.15) is 24.7 Å². The van der Waals surface area contributed by atoms with Gasteiger partial charge >= 0.3 is 11.9 Å². The Balaban J connectivity index is 1.30. The van der Waals surface area contributed by atoms with E-state index in [9.17, 15) is 14.4 Å². The van der Waals surface area contributed by atoms with Crippen LogP contribution < -0.4 is 14.8 Å². The summed E-state index contributed by atoms with van der Waals surface area (Å²) in [7, 11) is 0. The minimum absolute atomic E-state index is 0.0880. The van der Waals surface area contributed by atoms with Gasteiger partial charge in [-0.1, -0.05) is 49.0 Å². The maximum Gasteiger partial charge on any atom is 0.343 e. The van der Waals surface area contributed by atoms with Gasteiger partial charge in [-0.25, -0.2) is 9.59 Å². The van der Waals surface area contributed by atoms with Crippen molar-refractivity contribution in [2.24, 2.45) is 0 Å². The summed E-state index contributed by atoms with van der Waals surface area (Å²) < 4.78 is 15.7. The third-order valence-electron chi connectivity index (χ3n) is 5.82. The van der Waals surface area contributed by atoms with Crippen LogP contribution in [0.1, 0.15) is 39.2 Å². The van der Waals surface area contributed by atoms with E-state index in [4.69, 9.17) is 14.2 Å². The van der Waals surface area contributed by atoms with Gasteiger partial charge in [-0.3, -0.25) is 4.79 Å². The summed E-state index contributed by atoms with van der Waals surface area (Å²) in [5, 5.41) is 5.25. The molecule has 0 saturated heterocycles. The molecular weight excluding hydrogens is 482 g/mol. The molecule has 0 aliphatic carbocycles. The molecule has 1 atom stereocenters. The van der Waals surface area contributed by atoms with Crippen LogP contribution in [0.2, 0.25) is 0 Å². The van der Waals surface area contributed by atoms with Crippen molar-refractivity contribution in [3.8, 4) is 11.5 Å². The summed E-state index contributed by atoms with van der Waals surface area (Å²) in [6, 6.07) is 26.7. The topological polar surface area (TPSA) is 90.9 Å². The van der Waals surface area contributed by atoms with E-state index in [1.807, 2.05) is 49.4 Å². The van der Waals surface area contributed by atoms with Crippen LogP contribution in [0.15, 0.2) is 104 Å². The maximum atomic E-state index is 12.8. The fraction of sp³-hybridized carbons (Fsp3) is 0.129. The number of ether oxygens (including phenoxy) is 3. The zero-order valence-corrected chi connectivity index (χ0v) is 20.9. The molecule has 192 valence electrons. The van der Waals surface area contributed by atoms with Crippen molar-refractivity contribution in [1.82, 2.24) is 5.32 Å². The van der Waals surface area contributed by atoms with Gasteiger partial charge in [-0.05, 0) is 71.8 Å². The highest BCUT2D eigenvalue weighted by Gasteiger charge is 2.15. The molecule has 0 aromatic heterocycles. The Bertz CT molecular complexity index is 1440. The lowest BCUT2D eigenvalue weighted by Gasteiger charge is -2.17. The second kappa shape index (κ2) is 12.4. The first-order valence-electron chi connectivity index (χ1n) is 12.1. The number of nitrogens with one attached hydrogen (secondary N) is 1. The zero-order chi connectivity index (χ0) is 26.9. The summed E-state index contributed by atoms with van der Waals surface area (Å²) in [6.07, 6.45) is 1.08. The standard InChI is InChI=1S/C31H27NO6/c1-3-29(33)37-20-19-36-25-15-13-24(14-16-25)31(35)38-26-17-11-23(12-18-26)30(34)32-21(2)27-10-6-8-22-7-4-5-9-28(22)27/h3-18,21H,1,19-20H2,2H3,(H,32,34)/t21-/m1/s1. The number of amides is 1. The van der Waals surface area contributed by atoms with Crippen LogP contribution in [0.3, 0.4) is 0 Å². The largest absolute Gasteiger partial charge is 0.490 e. The Morgan fingerprint density at radius 2 is 1.47 bits per heavy atom. The summed E-state index contributed by atoms with van der Waals surface area (Å²) in [4.78, 5) is 36.4. The highest BCUT2D eigenvalue weighted by Crippen LogP contribution is 2.24. The van der Waals surface area contributed by atoms with Crippen molar-refractivity contribution in [2.45, 2.75) is 13.0 Å². The number of esters is 2. The van der Waals surface area contributed by atoms with E-state index in [1.165, 1.54) is 0 Å². The smallest absolute Gasteiger partial charge is 0.343 e. The predicted octanol–water partition coefficient (Wildman–Crippen LogP) is 5.66. The number of rotatable bonds is 10. The second-order valence-electron chi connectivity index (χ2n) is 8.42. The normalized spacial score (nSPS) is 11.3. The third-order valence-corrected chi connectivity index (χ3v) is 5.82. The molecule has 1 N–H and O–H groups in total. The number of carbonyl (C=O) groups is 3. The molecule has 0 unspecified atom stereocenters. The third kappa shape index (κ3) is 6.64. The first-order chi connectivity index (χ1) is 18.4. The Kier molecular flexibility index (Phi) is 8.51. The molecule has 0 aliphatic rings. The van der Waals surface area contributed by atoms with Crippen LogP contribution in [-0.4, -0.2) is 31.1 Å². The summed E-state index contributed by atoms with van der Waals surface area (Å²) in [5.74, 6) is -0.450. The van der Waals surface area contributed by atoms with E-state index in [0.717, 1.165) is 22.4 Å². The van der Waals surface area contributed by atoms with Crippen molar-refractivity contribution in [3.63, 3.8) is 0 Å². The van der Waals surface area contributed by atoms with Crippen molar-refractivity contribution in [1.29, 1.82) is 0 Å². The van der Waals surface area contributed by atoms with Crippen LogP contribution in [0.5, 0.6) is 11.5 Å². The lowest BCUT2D eigenvalue weighted by atomic mass is 9.99. The molecule has 1 amide bonds. The second-order valence-corrected chi connectivity index (χ2v) is 8.42. The molecule has 0 fully saturated rings. The number of benzene rings is 4. The first kappa shape index (κ1) is 26.2. The quantitative estimate of drug-likeness (QED) is 0.128. The molecule has 7 nitrogen and oxygen atoms in total. The van der Waals surface area contributed by atoms with Crippen molar-refractivity contribution >= 4 is 28.6 Å². The molecular formula is C31H27NO6. The van der Waals surface area contributed by atoms with E-state index in [0.29, 0.717) is 22.6 Å².